The van der Waals surface area contributed by atoms with Gasteiger partial charge in [0.2, 0.25) is 11.8 Å². The summed E-state index contributed by atoms with van der Waals surface area (Å²) >= 11 is 2.24. The molecule has 0 radical (unpaired) electrons. The van der Waals surface area contributed by atoms with Crippen LogP contribution in [0.4, 0.5) is 0 Å². The van der Waals surface area contributed by atoms with Crippen molar-refractivity contribution in [2.24, 2.45) is 5.92 Å². The summed E-state index contributed by atoms with van der Waals surface area (Å²) in [5, 5.41) is 10.8. The zero-order valence-corrected chi connectivity index (χ0v) is 21.2. The van der Waals surface area contributed by atoms with Gasteiger partial charge in [-0.1, -0.05) is 32.6 Å². The predicted octanol–water partition coefficient (Wildman–Crippen LogP) is 3.26. The van der Waals surface area contributed by atoms with E-state index in [9.17, 15) is 14.7 Å². The van der Waals surface area contributed by atoms with E-state index >= 15 is 0 Å². The normalized spacial score (nSPS) is 12.0. The number of ether oxygens (including phenoxy) is 1. The van der Waals surface area contributed by atoms with Crippen LogP contribution in [-0.2, 0) is 20.8 Å². The molecule has 1 atom stereocenters. The molecule has 0 aliphatic carbocycles. The Labute approximate surface area is 210 Å². The average molecular weight is 581 g/mol. The number of imidazole rings is 2. The Bertz CT molecular complexity index is 1170. The van der Waals surface area contributed by atoms with Crippen molar-refractivity contribution in [3.05, 3.63) is 68.9 Å². The summed E-state index contributed by atoms with van der Waals surface area (Å²) in [5.41, 5.74) is 3.87. The molecular formula is C23H28IN5O5. The molecule has 34 heavy (non-hydrogen) atoms. The Balaban J connectivity index is 1.74. The lowest BCUT2D eigenvalue weighted by molar-refractivity contribution is -0.134. The number of carbonyl (C=O) groups is 1. The van der Waals surface area contributed by atoms with Gasteiger partial charge < -0.3 is 19.8 Å². The van der Waals surface area contributed by atoms with Crippen LogP contribution in [0.5, 0.6) is 5.88 Å². The second-order valence-corrected chi connectivity index (χ2v) is 9.14. The maximum atomic E-state index is 12.8. The summed E-state index contributed by atoms with van der Waals surface area (Å²) < 4.78 is 7.29. The topological polar surface area (TPSA) is 134 Å². The molecule has 0 spiro atoms. The van der Waals surface area contributed by atoms with Crippen LogP contribution in [0, 0.1) is 9.49 Å². The van der Waals surface area contributed by atoms with Gasteiger partial charge in [0.15, 0.2) is 0 Å². The van der Waals surface area contributed by atoms with Crippen LogP contribution in [0.2, 0.25) is 0 Å². The number of halogens is 1. The fourth-order valence-electron chi connectivity index (χ4n) is 3.51. The van der Waals surface area contributed by atoms with Gasteiger partial charge in [-0.3, -0.25) is 14.2 Å². The molecule has 0 unspecified atom stereocenters. The molecule has 4 N–H and O–H groups in total. The number of carbonyl (C=O) groups excluding carboxylic acids is 1. The highest BCUT2D eigenvalue weighted by molar-refractivity contribution is 14.1. The molecule has 0 saturated carbocycles. The van der Waals surface area contributed by atoms with Crippen molar-refractivity contribution in [2.75, 3.05) is 13.2 Å². The number of aromatic nitrogens is 4. The van der Waals surface area contributed by atoms with E-state index in [0.717, 1.165) is 14.8 Å². The maximum Gasteiger partial charge on any atom is 0.329 e. The van der Waals surface area contributed by atoms with Crippen LogP contribution >= 0.6 is 22.6 Å². The van der Waals surface area contributed by atoms with Gasteiger partial charge in [0.25, 0.3) is 0 Å². The molecule has 11 heteroatoms. The van der Waals surface area contributed by atoms with Gasteiger partial charge in [-0.15, -0.1) is 0 Å². The predicted molar refractivity (Wildman–Crippen MR) is 135 cm³/mol. The van der Waals surface area contributed by atoms with Gasteiger partial charge in [0.05, 0.1) is 23.8 Å². The molecule has 182 valence electrons. The highest BCUT2D eigenvalue weighted by atomic mass is 127. The second-order valence-electron chi connectivity index (χ2n) is 7.89. The zero-order chi connectivity index (χ0) is 24.7. The molecular weight excluding hydrogens is 553 g/mol. The Kier molecular flexibility index (Phi) is 8.93. The number of benzene rings is 1. The first-order valence-electron chi connectivity index (χ1n) is 10.8. The third-order valence-corrected chi connectivity index (χ3v) is 5.84. The Hall–Kier alpha value is -3.06. The van der Waals surface area contributed by atoms with Crippen molar-refractivity contribution in [1.82, 2.24) is 25.0 Å². The highest BCUT2D eigenvalue weighted by Crippen LogP contribution is 2.30. The van der Waals surface area contributed by atoms with Crippen molar-refractivity contribution in [1.29, 1.82) is 0 Å². The minimum absolute atomic E-state index is 0.0138. The monoisotopic (exact) mass is 581 g/mol. The number of H-pyrrole nitrogens is 2. The molecule has 0 aliphatic heterocycles. The van der Waals surface area contributed by atoms with Gasteiger partial charge in [-0.25, -0.2) is 15.3 Å². The van der Waals surface area contributed by atoms with Crippen LogP contribution < -0.4 is 11.2 Å². The van der Waals surface area contributed by atoms with Gasteiger partial charge in [0, 0.05) is 16.4 Å². The first-order chi connectivity index (χ1) is 16.3. The minimum atomic E-state index is -0.530. The van der Waals surface area contributed by atoms with Crippen LogP contribution in [-0.4, -0.2) is 43.7 Å². The van der Waals surface area contributed by atoms with E-state index in [0.29, 0.717) is 5.82 Å². The van der Waals surface area contributed by atoms with E-state index in [1.54, 1.807) is 6.20 Å². The fraction of sp³-hybridized carbons (Fsp3) is 0.348. The smallest absolute Gasteiger partial charge is 0.329 e. The van der Waals surface area contributed by atoms with Crippen LogP contribution in [0.25, 0.3) is 11.3 Å². The van der Waals surface area contributed by atoms with Crippen molar-refractivity contribution in [2.45, 2.75) is 32.7 Å². The first kappa shape index (κ1) is 25.6. The van der Waals surface area contributed by atoms with Crippen LogP contribution in [0.15, 0.2) is 48.1 Å². The number of rotatable bonds is 12. The molecule has 0 aliphatic rings. The number of nitrogens with zero attached hydrogens (tertiary/aromatic N) is 2. The van der Waals surface area contributed by atoms with E-state index in [1.165, 1.54) is 10.8 Å². The average Bonchev–Trinajstić information content (AvgIpc) is 3.39. The van der Waals surface area contributed by atoms with Crippen LogP contribution in [0.3, 0.4) is 0 Å². The number of aromatic hydroxyl groups is 1. The van der Waals surface area contributed by atoms with Gasteiger partial charge in [0.1, 0.15) is 25.1 Å². The van der Waals surface area contributed by atoms with Gasteiger partial charge in [-0.05, 0) is 46.2 Å². The van der Waals surface area contributed by atoms with Crippen molar-refractivity contribution >= 4 is 28.5 Å². The highest BCUT2D eigenvalue weighted by Gasteiger charge is 2.28. The Morgan fingerprint density at radius 2 is 2.03 bits per heavy atom. The molecule has 3 aromatic rings. The van der Waals surface area contributed by atoms with E-state index in [4.69, 9.17) is 9.57 Å². The van der Waals surface area contributed by atoms with Gasteiger partial charge >= 0.3 is 5.69 Å². The third-order valence-electron chi connectivity index (χ3n) is 5.12. The summed E-state index contributed by atoms with van der Waals surface area (Å²) in [6.07, 6.45) is 3.14. The number of aryl methyl sites for hydroxylation is 1. The van der Waals surface area contributed by atoms with Crippen molar-refractivity contribution < 1.29 is 19.5 Å². The summed E-state index contributed by atoms with van der Waals surface area (Å²) in [4.78, 5) is 40.2. The fourth-order valence-corrected chi connectivity index (χ4v) is 3.87. The lowest BCUT2D eigenvalue weighted by Gasteiger charge is -2.20. The molecule has 3 rings (SSSR count). The number of nitrogens with one attached hydrogen (secondary N) is 3. The van der Waals surface area contributed by atoms with Crippen molar-refractivity contribution in [3.63, 3.8) is 0 Å². The quantitative estimate of drug-likeness (QED) is 0.112. The molecule has 0 fully saturated rings. The second kappa shape index (κ2) is 11.9. The van der Waals surface area contributed by atoms with Crippen molar-refractivity contribution in [3.8, 4) is 17.1 Å². The van der Waals surface area contributed by atoms with E-state index in [-0.39, 0.29) is 49.5 Å². The molecule has 0 bridgehead atoms. The zero-order valence-electron chi connectivity index (χ0n) is 19.0. The Morgan fingerprint density at radius 3 is 2.71 bits per heavy atom. The molecule has 10 nitrogen and oxygen atoms in total. The van der Waals surface area contributed by atoms with Gasteiger partial charge in [-0.2, -0.15) is 0 Å². The number of aromatic amines is 2. The summed E-state index contributed by atoms with van der Waals surface area (Å²) in [7, 11) is 0. The largest absolute Gasteiger partial charge is 0.499 e. The summed E-state index contributed by atoms with van der Waals surface area (Å²) in [6.45, 7) is 7.72. The Morgan fingerprint density at radius 1 is 1.29 bits per heavy atom. The number of hydrogen-bond acceptors (Lipinski definition) is 6. The van der Waals surface area contributed by atoms with E-state index < -0.39 is 11.7 Å². The summed E-state index contributed by atoms with van der Waals surface area (Å²) in [5.74, 6) is -0.110. The first-order valence-corrected chi connectivity index (χ1v) is 11.9. The number of hydrogen-bond donors (Lipinski definition) is 4. The molecule has 2 heterocycles. The van der Waals surface area contributed by atoms with E-state index in [1.807, 2.05) is 38.1 Å². The summed E-state index contributed by atoms with van der Waals surface area (Å²) in [6, 6.07) is 7.45. The molecule has 2 aromatic heterocycles. The maximum absolute atomic E-state index is 12.8. The standard InChI is InChI=1S/C23H28IN5O5/c1-4-33-11-12-34-28-19(30)10-9-17-22(31)29(23(32)27-17)20(14(2)3)21-25-13-18(26-21)15-5-7-16(24)8-6-15/h4-8,13-14,20,31H,1,9-12H2,2-3H3,(H,25,26)(H,27,32)(H,28,30)/t20-/m0/s1. The SMILES string of the molecule is C=COCCONC(=O)CCc1[nH]c(=O)n([C@H](c2ncc(-c3ccc(I)cc3)[nH]2)C(C)C)c1O. The van der Waals surface area contributed by atoms with Crippen LogP contribution in [0.1, 0.15) is 37.8 Å². The molecule has 0 saturated heterocycles. The van der Waals surface area contributed by atoms with E-state index in [2.05, 4.69) is 49.6 Å². The lowest BCUT2D eigenvalue weighted by Crippen LogP contribution is -2.27. The number of amides is 1. The minimum Gasteiger partial charge on any atom is -0.499 e. The number of hydroxylamine groups is 1. The molecule has 1 amide bonds. The lowest BCUT2D eigenvalue weighted by atomic mass is 10.0. The third kappa shape index (κ3) is 6.29. The molecule has 1 aromatic carbocycles.